The molecule has 1 aliphatic rings. The van der Waals surface area contributed by atoms with Crippen molar-refractivity contribution in [2.45, 2.75) is 32.4 Å². The van der Waals surface area contributed by atoms with Gasteiger partial charge < -0.3 is 9.84 Å². The van der Waals surface area contributed by atoms with Gasteiger partial charge in [-0.25, -0.2) is 4.39 Å². The molecule has 1 aromatic carbocycles. The van der Waals surface area contributed by atoms with Crippen LogP contribution in [0.1, 0.15) is 43.1 Å². The Morgan fingerprint density at radius 2 is 2.26 bits per heavy atom. The summed E-state index contributed by atoms with van der Waals surface area (Å²) >= 11 is 0. The van der Waals surface area contributed by atoms with Crippen molar-refractivity contribution >= 4 is 12.4 Å². The van der Waals surface area contributed by atoms with E-state index >= 15 is 0 Å². The molecule has 23 heavy (non-hydrogen) atoms. The van der Waals surface area contributed by atoms with E-state index in [1.54, 1.807) is 12.1 Å². The van der Waals surface area contributed by atoms with Crippen molar-refractivity contribution in [3.05, 3.63) is 47.4 Å². The highest BCUT2D eigenvalue weighted by Gasteiger charge is 2.25. The minimum atomic E-state index is -0.204. The fraction of sp³-hybridized carbons (Fsp3) is 0.500. The van der Waals surface area contributed by atoms with E-state index in [0.29, 0.717) is 18.3 Å². The Morgan fingerprint density at radius 1 is 1.43 bits per heavy atom. The largest absolute Gasteiger partial charge is 0.339 e. The number of rotatable bonds is 4. The molecular formula is C16H22ClFN4O. The molecule has 7 heteroatoms. The van der Waals surface area contributed by atoms with Gasteiger partial charge in [0.2, 0.25) is 5.89 Å². The molecule has 5 nitrogen and oxygen atoms in total. The van der Waals surface area contributed by atoms with Gasteiger partial charge in [-0.15, -0.1) is 12.4 Å². The zero-order valence-electron chi connectivity index (χ0n) is 13.3. The van der Waals surface area contributed by atoms with Crippen LogP contribution < -0.4 is 5.32 Å². The van der Waals surface area contributed by atoms with Gasteiger partial charge in [-0.3, -0.25) is 4.90 Å². The molecule has 0 bridgehead atoms. The first kappa shape index (κ1) is 17.8. The van der Waals surface area contributed by atoms with Gasteiger partial charge in [0, 0.05) is 31.6 Å². The molecule has 1 saturated heterocycles. The molecule has 2 heterocycles. The first-order valence-corrected chi connectivity index (χ1v) is 7.66. The van der Waals surface area contributed by atoms with Crippen molar-refractivity contribution in [2.75, 3.05) is 19.6 Å². The number of nitrogens with zero attached hydrogens (tertiary/aromatic N) is 3. The predicted molar refractivity (Wildman–Crippen MR) is 88.1 cm³/mol. The van der Waals surface area contributed by atoms with E-state index in [1.165, 1.54) is 6.07 Å². The van der Waals surface area contributed by atoms with Gasteiger partial charge in [0.05, 0.1) is 6.54 Å². The minimum absolute atomic E-state index is 0. The highest BCUT2D eigenvalue weighted by atomic mass is 35.5. The van der Waals surface area contributed by atoms with Gasteiger partial charge in [-0.2, -0.15) is 4.98 Å². The first-order valence-electron chi connectivity index (χ1n) is 7.66. The number of aromatic nitrogens is 2. The molecule has 1 unspecified atom stereocenters. The average Bonchev–Trinajstić information content (AvgIpc) is 2.97. The molecule has 1 aromatic heterocycles. The number of benzene rings is 1. The zero-order valence-corrected chi connectivity index (χ0v) is 14.1. The summed E-state index contributed by atoms with van der Waals surface area (Å²) in [4.78, 5) is 6.70. The van der Waals surface area contributed by atoms with Gasteiger partial charge in [0.25, 0.3) is 0 Å². The Hall–Kier alpha value is -1.50. The number of halogens is 2. The second-order valence-electron chi connectivity index (χ2n) is 5.95. The summed E-state index contributed by atoms with van der Waals surface area (Å²) in [6.45, 7) is 7.22. The van der Waals surface area contributed by atoms with Crippen LogP contribution in [0, 0.1) is 5.82 Å². The third kappa shape index (κ3) is 4.28. The SMILES string of the molecule is CC(C)c1nc(CN2CCNCC2c2cccc(F)c2)no1.Cl. The summed E-state index contributed by atoms with van der Waals surface area (Å²) in [5.74, 6) is 1.37. The molecule has 1 atom stereocenters. The monoisotopic (exact) mass is 340 g/mol. The number of hydrogen-bond donors (Lipinski definition) is 1. The lowest BCUT2D eigenvalue weighted by atomic mass is 10.0. The second kappa shape index (κ2) is 7.86. The Labute approximate surface area is 141 Å². The quantitative estimate of drug-likeness (QED) is 0.927. The van der Waals surface area contributed by atoms with Crippen LogP contribution in [0.4, 0.5) is 4.39 Å². The lowest BCUT2D eigenvalue weighted by molar-refractivity contribution is 0.148. The van der Waals surface area contributed by atoms with Crippen LogP contribution in [0.15, 0.2) is 28.8 Å². The van der Waals surface area contributed by atoms with Crippen molar-refractivity contribution < 1.29 is 8.91 Å². The highest BCUT2D eigenvalue weighted by molar-refractivity contribution is 5.85. The van der Waals surface area contributed by atoms with Crippen molar-refractivity contribution in [1.29, 1.82) is 0 Å². The van der Waals surface area contributed by atoms with Crippen LogP contribution in [0.2, 0.25) is 0 Å². The van der Waals surface area contributed by atoms with Crippen LogP contribution in [0.25, 0.3) is 0 Å². The zero-order chi connectivity index (χ0) is 15.5. The number of piperazine rings is 1. The molecule has 1 N–H and O–H groups in total. The molecule has 0 aliphatic carbocycles. The minimum Gasteiger partial charge on any atom is -0.339 e. The van der Waals surface area contributed by atoms with Gasteiger partial charge in [0.15, 0.2) is 5.82 Å². The maximum Gasteiger partial charge on any atom is 0.229 e. The molecule has 1 fully saturated rings. The van der Waals surface area contributed by atoms with Crippen LogP contribution in [0.5, 0.6) is 0 Å². The van der Waals surface area contributed by atoms with Gasteiger partial charge >= 0.3 is 0 Å². The van der Waals surface area contributed by atoms with Crippen molar-refractivity contribution in [3.63, 3.8) is 0 Å². The van der Waals surface area contributed by atoms with Crippen LogP contribution >= 0.6 is 12.4 Å². The van der Waals surface area contributed by atoms with E-state index in [2.05, 4.69) is 20.4 Å². The van der Waals surface area contributed by atoms with E-state index in [-0.39, 0.29) is 30.2 Å². The molecule has 0 spiro atoms. The Kier molecular flexibility index (Phi) is 6.10. The topological polar surface area (TPSA) is 54.2 Å². The molecular weight excluding hydrogens is 319 g/mol. The second-order valence-corrected chi connectivity index (χ2v) is 5.95. The molecule has 0 amide bonds. The standard InChI is InChI=1S/C16H21FN4O.ClH/c1-11(2)16-19-15(20-22-16)10-21-7-6-18-9-14(21)12-4-3-5-13(17)8-12;/h3-5,8,11,14,18H,6-7,9-10H2,1-2H3;1H. The molecule has 1 aliphatic heterocycles. The predicted octanol–water partition coefficient (Wildman–Crippen LogP) is 2.90. The van der Waals surface area contributed by atoms with E-state index in [9.17, 15) is 4.39 Å². The van der Waals surface area contributed by atoms with Crippen molar-refractivity contribution in [3.8, 4) is 0 Å². The van der Waals surface area contributed by atoms with Crippen molar-refractivity contribution in [2.24, 2.45) is 0 Å². The van der Waals surface area contributed by atoms with E-state index < -0.39 is 0 Å². The average molecular weight is 341 g/mol. The summed E-state index contributed by atoms with van der Waals surface area (Å²) in [6, 6.07) is 6.90. The smallest absolute Gasteiger partial charge is 0.229 e. The number of nitrogens with one attached hydrogen (secondary N) is 1. The summed E-state index contributed by atoms with van der Waals surface area (Å²) in [5.41, 5.74) is 0.972. The molecule has 126 valence electrons. The maximum atomic E-state index is 13.5. The lowest BCUT2D eigenvalue weighted by Crippen LogP contribution is -2.45. The fourth-order valence-corrected chi connectivity index (χ4v) is 2.73. The van der Waals surface area contributed by atoms with Crippen LogP contribution in [-0.4, -0.2) is 34.7 Å². The molecule has 0 radical (unpaired) electrons. The third-order valence-electron chi connectivity index (χ3n) is 3.91. The first-order chi connectivity index (χ1) is 10.6. The lowest BCUT2D eigenvalue weighted by Gasteiger charge is -2.35. The Balaban J connectivity index is 0.00000192. The normalized spacial score (nSPS) is 18.9. The summed E-state index contributed by atoms with van der Waals surface area (Å²) in [7, 11) is 0. The van der Waals surface area contributed by atoms with Gasteiger partial charge in [0.1, 0.15) is 5.82 Å². The van der Waals surface area contributed by atoms with E-state index in [4.69, 9.17) is 4.52 Å². The maximum absolute atomic E-state index is 13.5. The Bertz CT molecular complexity index is 634. The third-order valence-corrected chi connectivity index (χ3v) is 3.91. The summed E-state index contributed by atoms with van der Waals surface area (Å²) < 4.78 is 18.8. The molecule has 2 aromatic rings. The van der Waals surface area contributed by atoms with Gasteiger partial charge in [-0.1, -0.05) is 31.1 Å². The number of hydrogen-bond acceptors (Lipinski definition) is 5. The van der Waals surface area contributed by atoms with Gasteiger partial charge in [-0.05, 0) is 17.7 Å². The molecule has 3 rings (SSSR count). The fourth-order valence-electron chi connectivity index (χ4n) is 2.73. The Morgan fingerprint density at radius 3 is 2.96 bits per heavy atom. The van der Waals surface area contributed by atoms with E-state index in [0.717, 1.165) is 25.2 Å². The van der Waals surface area contributed by atoms with Crippen LogP contribution in [-0.2, 0) is 6.54 Å². The van der Waals surface area contributed by atoms with Crippen molar-refractivity contribution in [1.82, 2.24) is 20.4 Å². The highest BCUT2D eigenvalue weighted by Crippen LogP contribution is 2.24. The summed E-state index contributed by atoms with van der Waals surface area (Å²) in [6.07, 6.45) is 0. The van der Waals surface area contributed by atoms with Crippen LogP contribution in [0.3, 0.4) is 0 Å². The summed E-state index contributed by atoms with van der Waals surface area (Å²) in [5, 5.41) is 7.42. The molecule has 0 saturated carbocycles. The van der Waals surface area contributed by atoms with E-state index in [1.807, 2.05) is 19.9 Å².